The van der Waals surface area contributed by atoms with Crippen LogP contribution in [0.1, 0.15) is 11.6 Å². The summed E-state index contributed by atoms with van der Waals surface area (Å²) in [6.45, 7) is 0. The molecule has 0 bridgehead atoms. The molecule has 7 nitrogen and oxygen atoms in total. The highest BCUT2D eigenvalue weighted by molar-refractivity contribution is 7.87. The number of ether oxygens (including phenoxy) is 2. The number of esters is 1. The largest absolute Gasteiger partial charge is 0.573 e. The summed E-state index contributed by atoms with van der Waals surface area (Å²) >= 11 is 0. The number of nitrogens with zero attached hydrogens (tertiary/aromatic N) is 1. The Morgan fingerprint density at radius 1 is 1.07 bits per heavy atom. The third kappa shape index (κ3) is 5.34. The van der Waals surface area contributed by atoms with Crippen LogP contribution in [0.3, 0.4) is 0 Å². The van der Waals surface area contributed by atoms with E-state index in [-0.39, 0.29) is 11.3 Å². The Kier molecular flexibility index (Phi) is 5.96. The van der Waals surface area contributed by atoms with E-state index in [0.717, 1.165) is 31.4 Å². The molecule has 0 aliphatic heterocycles. The van der Waals surface area contributed by atoms with Gasteiger partial charge in [0, 0.05) is 0 Å². The third-order valence-electron chi connectivity index (χ3n) is 3.35. The van der Waals surface area contributed by atoms with Crippen molar-refractivity contribution in [3.63, 3.8) is 0 Å². The Bertz CT molecular complexity index is 885. The molecule has 0 spiro atoms. The van der Waals surface area contributed by atoms with Crippen molar-refractivity contribution in [3.05, 3.63) is 60.2 Å². The molecule has 146 valence electrons. The molecule has 1 N–H and O–H groups in total. The van der Waals surface area contributed by atoms with Gasteiger partial charge in [0.1, 0.15) is 5.75 Å². The number of hydrogen-bond donors (Lipinski definition) is 1. The molecular weight excluding hydrogens is 391 g/mol. The first-order valence-electron chi connectivity index (χ1n) is 7.28. The molecule has 0 unspecified atom stereocenters. The molecule has 0 amide bonds. The number of benzene rings is 2. The first-order valence-corrected chi connectivity index (χ1v) is 8.68. The predicted octanol–water partition coefficient (Wildman–Crippen LogP) is 3.11. The van der Waals surface area contributed by atoms with E-state index < -0.39 is 34.4 Å². The van der Waals surface area contributed by atoms with E-state index in [1.54, 1.807) is 6.07 Å². The van der Waals surface area contributed by atoms with E-state index in [2.05, 4.69) is 9.47 Å². The molecule has 0 fully saturated rings. The van der Waals surface area contributed by atoms with E-state index in [1.807, 2.05) is 0 Å². The van der Waals surface area contributed by atoms with Gasteiger partial charge in [-0.3, -0.25) is 4.55 Å². The molecule has 2 rings (SSSR count). The SMILES string of the molecule is COC(=O)[C@H](c1ccccc1)N(c1ccc(OC(F)(F)F)cc1)S(=O)(=O)O. The van der Waals surface area contributed by atoms with E-state index in [4.69, 9.17) is 0 Å². The third-order valence-corrected chi connectivity index (χ3v) is 4.27. The quantitative estimate of drug-likeness (QED) is 0.586. The summed E-state index contributed by atoms with van der Waals surface area (Å²) in [4.78, 5) is 12.2. The molecule has 0 saturated heterocycles. The van der Waals surface area contributed by atoms with Gasteiger partial charge in [-0.15, -0.1) is 13.2 Å². The monoisotopic (exact) mass is 405 g/mol. The van der Waals surface area contributed by atoms with Gasteiger partial charge in [-0.05, 0) is 29.8 Å². The molecule has 11 heteroatoms. The molecule has 0 aromatic heterocycles. The van der Waals surface area contributed by atoms with Crippen molar-refractivity contribution >= 4 is 22.0 Å². The fourth-order valence-electron chi connectivity index (χ4n) is 2.32. The van der Waals surface area contributed by atoms with E-state index >= 15 is 0 Å². The molecular formula is C16H14F3NO6S. The van der Waals surface area contributed by atoms with Crippen LogP contribution in [0, 0.1) is 0 Å². The standard InChI is InChI=1S/C16H14F3NO6S/c1-25-15(21)14(11-5-3-2-4-6-11)20(27(22,23)24)12-7-9-13(10-8-12)26-16(17,18)19/h2-10,14H,1H3,(H,22,23,24)/t14-/m0/s1. The highest BCUT2D eigenvalue weighted by Crippen LogP contribution is 2.33. The predicted molar refractivity (Wildman–Crippen MR) is 88.4 cm³/mol. The van der Waals surface area contributed by atoms with Crippen molar-refractivity contribution in [2.45, 2.75) is 12.4 Å². The maximum atomic E-state index is 12.3. The fourth-order valence-corrected chi connectivity index (χ4v) is 3.19. The normalized spacial score (nSPS) is 12.9. The van der Waals surface area contributed by atoms with Gasteiger partial charge in [-0.2, -0.15) is 8.42 Å². The van der Waals surface area contributed by atoms with E-state index in [0.29, 0.717) is 4.31 Å². The summed E-state index contributed by atoms with van der Waals surface area (Å²) in [5.74, 6) is -1.61. The zero-order chi connectivity index (χ0) is 20.2. The van der Waals surface area contributed by atoms with Crippen LogP contribution < -0.4 is 9.04 Å². The van der Waals surface area contributed by atoms with Crippen LogP contribution in [0.2, 0.25) is 0 Å². The lowest BCUT2D eigenvalue weighted by molar-refractivity contribution is -0.274. The second-order valence-corrected chi connectivity index (χ2v) is 6.44. The van der Waals surface area contributed by atoms with Crippen LogP contribution in [-0.4, -0.2) is 32.4 Å². The van der Waals surface area contributed by atoms with Crippen LogP contribution in [0.25, 0.3) is 0 Å². The Balaban J connectivity index is 2.52. The Morgan fingerprint density at radius 3 is 2.07 bits per heavy atom. The summed E-state index contributed by atoms with van der Waals surface area (Å²) in [7, 11) is -3.97. The van der Waals surface area contributed by atoms with Crippen LogP contribution in [0.4, 0.5) is 18.9 Å². The van der Waals surface area contributed by atoms with Gasteiger partial charge in [-0.25, -0.2) is 9.10 Å². The fraction of sp³-hybridized carbons (Fsp3) is 0.188. The zero-order valence-electron chi connectivity index (χ0n) is 13.8. The van der Waals surface area contributed by atoms with Gasteiger partial charge in [0.05, 0.1) is 12.8 Å². The highest BCUT2D eigenvalue weighted by atomic mass is 32.2. The number of methoxy groups -OCH3 is 1. The van der Waals surface area contributed by atoms with Gasteiger partial charge in [0.15, 0.2) is 6.04 Å². The summed E-state index contributed by atoms with van der Waals surface area (Å²) in [6.07, 6.45) is -4.93. The van der Waals surface area contributed by atoms with Crippen LogP contribution in [0.15, 0.2) is 54.6 Å². The van der Waals surface area contributed by atoms with Gasteiger partial charge in [-0.1, -0.05) is 30.3 Å². The Morgan fingerprint density at radius 2 is 1.63 bits per heavy atom. The summed E-state index contributed by atoms with van der Waals surface area (Å²) in [6, 6.07) is 9.56. The average molecular weight is 405 g/mol. The molecule has 1 atom stereocenters. The second kappa shape index (κ2) is 7.84. The zero-order valence-corrected chi connectivity index (χ0v) is 14.6. The first kappa shape index (κ1) is 20.5. The van der Waals surface area contributed by atoms with Crippen molar-refractivity contribution in [3.8, 4) is 5.75 Å². The number of rotatable bonds is 6. The molecule has 27 heavy (non-hydrogen) atoms. The molecule has 0 aliphatic rings. The molecule has 0 heterocycles. The average Bonchev–Trinajstić information content (AvgIpc) is 2.58. The summed E-state index contributed by atoms with van der Waals surface area (Å²) < 4.78 is 79.0. The lowest BCUT2D eigenvalue weighted by Crippen LogP contribution is -2.39. The smallest absolute Gasteiger partial charge is 0.467 e. The molecule has 0 aliphatic carbocycles. The minimum absolute atomic E-state index is 0.178. The number of anilines is 1. The van der Waals surface area contributed by atoms with Crippen LogP contribution in [-0.2, 0) is 19.8 Å². The van der Waals surface area contributed by atoms with Crippen molar-refractivity contribution < 1.29 is 40.4 Å². The topological polar surface area (TPSA) is 93.1 Å². The minimum Gasteiger partial charge on any atom is -0.467 e. The first-order chi connectivity index (χ1) is 12.5. The van der Waals surface area contributed by atoms with Crippen molar-refractivity contribution in [2.24, 2.45) is 0 Å². The van der Waals surface area contributed by atoms with Gasteiger partial charge in [0.25, 0.3) is 0 Å². The maximum absolute atomic E-state index is 12.3. The number of carbonyl (C=O) groups excluding carboxylic acids is 1. The number of hydrogen-bond acceptors (Lipinski definition) is 5. The van der Waals surface area contributed by atoms with Crippen molar-refractivity contribution in [1.29, 1.82) is 0 Å². The van der Waals surface area contributed by atoms with Crippen molar-refractivity contribution in [2.75, 3.05) is 11.4 Å². The van der Waals surface area contributed by atoms with Crippen LogP contribution >= 0.6 is 0 Å². The summed E-state index contributed by atoms with van der Waals surface area (Å²) in [5, 5.41) is 0. The molecule has 0 radical (unpaired) electrons. The number of alkyl halides is 3. The van der Waals surface area contributed by atoms with E-state index in [9.17, 15) is 30.9 Å². The molecule has 0 saturated carbocycles. The molecule has 2 aromatic carbocycles. The second-order valence-electron chi connectivity index (χ2n) is 5.15. The van der Waals surface area contributed by atoms with Gasteiger partial charge >= 0.3 is 22.6 Å². The van der Waals surface area contributed by atoms with Crippen molar-refractivity contribution in [1.82, 2.24) is 0 Å². The van der Waals surface area contributed by atoms with Crippen LogP contribution in [0.5, 0.6) is 5.75 Å². The van der Waals surface area contributed by atoms with E-state index in [1.165, 1.54) is 24.3 Å². The lowest BCUT2D eigenvalue weighted by atomic mass is 10.1. The maximum Gasteiger partial charge on any atom is 0.573 e. The highest BCUT2D eigenvalue weighted by Gasteiger charge is 2.37. The number of halogens is 3. The summed E-state index contributed by atoms with van der Waals surface area (Å²) in [5.41, 5.74) is -0.0936. The van der Waals surface area contributed by atoms with Gasteiger partial charge < -0.3 is 9.47 Å². The Hall–Kier alpha value is -2.79. The number of carbonyl (C=O) groups is 1. The lowest BCUT2D eigenvalue weighted by Gasteiger charge is -2.28. The van der Waals surface area contributed by atoms with Gasteiger partial charge in [0.2, 0.25) is 0 Å². The molecule has 2 aromatic rings. The Labute approximate surface area is 152 Å². The minimum atomic E-state index is -5.00.